The van der Waals surface area contributed by atoms with Gasteiger partial charge in [0.05, 0.1) is 31.9 Å². The minimum Gasteiger partial charge on any atom is -0.756 e. The van der Waals surface area contributed by atoms with Crippen LogP contribution in [0.3, 0.4) is 0 Å². The maximum Gasteiger partial charge on any atom is 1.00 e. The summed E-state index contributed by atoms with van der Waals surface area (Å²) in [4.78, 5) is 52.5. The van der Waals surface area contributed by atoms with E-state index in [4.69, 9.17) is 15.2 Å². The van der Waals surface area contributed by atoms with Gasteiger partial charge in [-0.15, -0.1) is 0 Å². The molecular formula is C37H78N5Na2O16P. The number of nitrogens with one attached hydrogen (secondary N) is 2. The largest absolute Gasteiger partial charge is 1.00 e. The van der Waals surface area contributed by atoms with Gasteiger partial charge in [-0.1, -0.05) is 110 Å². The number of hydrogen-bond acceptors (Lipinski definition) is 19. The Kier molecular flexibility index (Phi) is 51.5. The van der Waals surface area contributed by atoms with Gasteiger partial charge in [-0.3, -0.25) is 18.5 Å². The molecular weight excluding hydrogens is 847 g/mol. The molecule has 10 N–H and O–H groups in total. The fourth-order valence-corrected chi connectivity index (χ4v) is 5.40. The average Bonchev–Trinajstić information content (AvgIpc) is 3.46. The summed E-state index contributed by atoms with van der Waals surface area (Å²) in [5.41, 5.74) is 4.44. The first-order valence-electron chi connectivity index (χ1n) is 19.8. The van der Waals surface area contributed by atoms with Gasteiger partial charge in [0.25, 0.3) is 7.82 Å². The zero-order chi connectivity index (χ0) is 46.4. The molecule has 0 saturated carbocycles. The summed E-state index contributed by atoms with van der Waals surface area (Å²) in [5.74, 6) is -6.72. The van der Waals surface area contributed by atoms with Gasteiger partial charge >= 0.3 is 64.8 Å². The van der Waals surface area contributed by atoms with Crippen LogP contribution in [0, 0.1) is 0 Å². The first-order valence-corrected chi connectivity index (χ1v) is 21.3. The van der Waals surface area contributed by atoms with E-state index in [1.807, 2.05) is 41.5 Å². The van der Waals surface area contributed by atoms with Crippen molar-refractivity contribution in [1.82, 2.24) is 20.2 Å². The van der Waals surface area contributed by atoms with Gasteiger partial charge in [0, 0.05) is 12.6 Å². The number of carboxylic acid groups (broad SMARTS) is 1. The number of aliphatic carboxylic acids is 1. The maximum absolute atomic E-state index is 12.7. The standard InChI is InChI=1S/C21H34N5O16P.3C3H8.3C2H6.CH4.2Na/c1-23-5-12(30)25-13-8(28)4-21(19(34)35,41-17(13)14(31)9(29)6-27)42-43(37,38)39-7-10-15(32)16(33)18(40-10)26-3-2-11(22)24-20(26)36;3*1-3-2;3*1-2;;;/h2-3,8-10,13-18,23,27-29,31-33H,4-7H2,1H3,(H,25,30)(H,34,35)(H,37,38)(H2,22,24,36);3*3H2,1-2H3;3*1-2H3;1H4;;/q;;;;;;;;2*+1/p-2/t8?,9-,10?,13?,14-,15?,16?,17?,18?,21?;;;;;;;;;/m1........./s1. The van der Waals surface area contributed by atoms with E-state index < -0.39 is 106 Å². The minimum atomic E-state index is -5.83. The summed E-state index contributed by atoms with van der Waals surface area (Å²) < 4.78 is 33.3. The van der Waals surface area contributed by atoms with Crippen LogP contribution in [0.4, 0.5) is 5.82 Å². The molecule has 0 aliphatic carbocycles. The third kappa shape index (κ3) is 26.8. The molecule has 2 aliphatic rings. The molecule has 9 unspecified atom stereocenters. The number of carbonyl (C=O) groups excluding carboxylic acids is 2. The number of aromatic nitrogens is 2. The third-order valence-electron chi connectivity index (χ3n) is 6.59. The van der Waals surface area contributed by atoms with Crippen LogP contribution >= 0.6 is 7.82 Å². The van der Waals surface area contributed by atoms with Gasteiger partial charge in [-0.25, -0.2) is 4.79 Å². The Hall–Kier alpha value is -0.630. The quantitative estimate of drug-likeness (QED) is 0.0657. The topological polar surface area (TPSA) is 341 Å². The van der Waals surface area contributed by atoms with E-state index in [-0.39, 0.29) is 78.9 Å². The summed E-state index contributed by atoms with van der Waals surface area (Å²) in [7, 11) is -4.42. The van der Waals surface area contributed by atoms with Gasteiger partial charge in [-0.2, -0.15) is 4.98 Å². The van der Waals surface area contributed by atoms with E-state index in [2.05, 4.69) is 66.2 Å². The second-order valence-corrected chi connectivity index (χ2v) is 13.1. The van der Waals surface area contributed by atoms with Crippen LogP contribution in [0.5, 0.6) is 0 Å². The van der Waals surface area contributed by atoms with Crippen LogP contribution in [0.2, 0.25) is 0 Å². The van der Waals surface area contributed by atoms with Crippen LogP contribution in [0.25, 0.3) is 0 Å². The second-order valence-electron chi connectivity index (χ2n) is 11.8. The number of nitrogens with two attached hydrogens (primary N) is 1. The van der Waals surface area contributed by atoms with Crippen LogP contribution in [-0.4, -0.2) is 133 Å². The summed E-state index contributed by atoms with van der Waals surface area (Å²) in [6.45, 7) is 22.2. The Morgan fingerprint density at radius 2 is 1.49 bits per heavy atom. The smallest absolute Gasteiger partial charge is 0.756 e. The van der Waals surface area contributed by atoms with Crippen molar-refractivity contribution >= 4 is 25.5 Å². The van der Waals surface area contributed by atoms with Gasteiger partial charge in [0.2, 0.25) is 11.7 Å². The molecule has 2 saturated heterocycles. The zero-order valence-electron chi connectivity index (χ0n) is 38.5. The molecule has 1 amide bonds. The predicted molar refractivity (Wildman–Crippen MR) is 220 cm³/mol. The van der Waals surface area contributed by atoms with Gasteiger partial charge in [0.15, 0.2) is 6.23 Å². The molecule has 21 nitrogen and oxygen atoms in total. The Balaban J connectivity index is -0.000000287. The van der Waals surface area contributed by atoms with Gasteiger partial charge in [0.1, 0.15) is 48.4 Å². The molecule has 0 aromatic carbocycles. The zero-order valence-corrected chi connectivity index (χ0v) is 43.4. The van der Waals surface area contributed by atoms with Crippen LogP contribution in [-0.2, 0) is 32.7 Å². The number of ether oxygens (including phenoxy) is 2. The number of aliphatic hydroxyl groups excluding tert-OH is 6. The molecule has 61 heavy (non-hydrogen) atoms. The number of phosphoric ester groups is 1. The number of anilines is 1. The molecule has 1 aromatic heterocycles. The van der Waals surface area contributed by atoms with E-state index in [1.54, 1.807) is 0 Å². The van der Waals surface area contributed by atoms with E-state index in [1.165, 1.54) is 32.4 Å². The fourth-order valence-electron chi connectivity index (χ4n) is 4.46. The Morgan fingerprint density at radius 3 is 1.90 bits per heavy atom. The van der Waals surface area contributed by atoms with Crippen molar-refractivity contribution in [3.8, 4) is 0 Å². The van der Waals surface area contributed by atoms with Crippen molar-refractivity contribution in [2.45, 2.75) is 177 Å². The summed E-state index contributed by atoms with van der Waals surface area (Å²) in [6, 6.07) is -0.460. The van der Waals surface area contributed by atoms with E-state index in [0.717, 1.165) is 10.8 Å². The van der Waals surface area contributed by atoms with Crippen LogP contribution < -0.4 is 91.2 Å². The van der Waals surface area contributed by atoms with Gasteiger partial charge < -0.3 is 75.8 Å². The number of rotatable bonds is 13. The van der Waals surface area contributed by atoms with E-state index in [0.29, 0.717) is 0 Å². The van der Waals surface area contributed by atoms with E-state index >= 15 is 0 Å². The number of carboxylic acids is 1. The first kappa shape index (κ1) is 74.7. The fraction of sp³-hybridized carbons (Fsp3) is 0.838. The number of likely N-dealkylation sites (N-methyl/N-ethyl adjacent to an activating group) is 1. The number of hydrogen-bond donors (Lipinski definition) is 9. The molecule has 2 fully saturated rings. The van der Waals surface area contributed by atoms with Crippen molar-refractivity contribution in [1.29, 1.82) is 0 Å². The third-order valence-corrected chi connectivity index (χ3v) is 7.57. The maximum atomic E-state index is 12.7. The summed E-state index contributed by atoms with van der Waals surface area (Å²) in [6.07, 6.45) is -11.5. The summed E-state index contributed by atoms with van der Waals surface area (Å²) in [5, 5.41) is 77.8. The number of phosphoric acid groups is 1. The number of amides is 1. The molecule has 24 heteroatoms. The average molecular weight is 926 g/mol. The summed E-state index contributed by atoms with van der Waals surface area (Å²) >= 11 is 0. The Labute approximate surface area is 407 Å². The van der Waals surface area contributed by atoms with Crippen molar-refractivity contribution in [2.75, 3.05) is 32.5 Å². The van der Waals surface area contributed by atoms with Crippen molar-refractivity contribution in [3.63, 3.8) is 0 Å². The molecule has 0 radical (unpaired) electrons. The molecule has 354 valence electrons. The van der Waals surface area contributed by atoms with Crippen LogP contribution in [0.15, 0.2) is 17.1 Å². The first-order chi connectivity index (χ1) is 27.3. The molecule has 3 rings (SSSR count). The van der Waals surface area contributed by atoms with Crippen molar-refractivity contribution < 1.29 is 132 Å². The number of nitrogen functional groups attached to an aromatic ring is 1. The number of aliphatic hydroxyl groups is 6. The van der Waals surface area contributed by atoms with Crippen molar-refractivity contribution in [2.24, 2.45) is 0 Å². The number of nitrogens with zero attached hydrogens (tertiary/aromatic N) is 2. The molecule has 0 bridgehead atoms. The Morgan fingerprint density at radius 1 is 1.02 bits per heavy atom. The van der Waals surface area contributed by atoms with Crippen LogP contribution in [0.1, 0.15) is 122 Å². The van der Waals surface area contributed by atoms with Crippen molar-refractivity contribution in [3.05, 3.63) is 22.7 Å². The SMILES string of the molecule is C.CC.CC.CC.CCC.CCC.CCC.CNCC(=O)NC1C(O)CC(OP(=O)([O-])OCC2OC(n3ccc(N)nc3=O)C(O)C2O)(C(=O)[O-])OC1[C@H](O)[C@H](O)CO.[Na+].[Na+]. The molecule has 3 heterocycles. The number of carbonyl (C=O) groups is 2. The predicted octanol–water partition coefficient (Wildman–Crippen LogP) is -6.07. The minimum absolute atomic E-state index is 0. The monoisotopic (exact) mass is 925 g/mol. The van der Waals surface area contributed by atoms with E-state index in [9.17, 15) is 59.6 Å². The molecule has 2 aliphatic heterocycles. The second kappa shape index (κ2) is 42.0. The molecule has 0 spiro atoms. The normalized spacial score (nSPS) is 25.0. The van der Waals surface area contributed by atoms with Gasteiger partial charge in [-0.05, 0) is 13.1 Å². The molecule has 1 aromatic rings. The Bertz CT molecular complexity index is 1320. The molecule has 11 atom stereocenters.